The highest BCUT2D eigenvalue weighted by atomic mass is 32.2. The van der Waals surface area contributed by atoms with Gasteiger partial charge in [-0.1, -0.05) is 38.8 Å². The van der Waals surface area contributed by atoms with Crippen molar-refractivity contribution in [1.82, 2.24) is 4.72 Å². The van der Waals surface area contributed by atoms with E-state index in [1.54, 1.807) is 12.1 Å². The van der Waals surface area contributed by atoms with Gasteiger partial charge in [-0.3, -0.25) is 0 Å². The Balaban J connectivity index is 2.26. The van der Waals surface area contributed by atoms with E-state index in [1.165, 1.54) is 6.42 Å². The van der Waals surface area contributed by atoms with Gasteiger partial charge in [-0.15, -0.1) is 0 Å². The van der Waals surface area contributed by atoms with E-state index in [2.05, 4.69) is 18.6 Å². The van der Waals surface area contributed by atoms with Gasteiger partial charge in [0.2, 0.25) is 10.0 Å². The highest BCUT2D eigenvalue weighted by molar-refractivity contribution is 7.89. The average molecular weight is 310 g/mol. The number of sulfonamides is 1. The van der Waals surface area contributed by atoms with Crippen molar-refractivity contribution in [3.63, 3.8) is 0 Å². The molecule has 0 aliphatic heterocycles. The lowest BCUT2D eigenvalue weighted by Gasteiger charge is -2.34. The molecule has 1 fully saturated rings. The van der Waals surface area contributed by atoms with Gasteiger partial charge in [0.05, 0.1) is 4.90 Å². The van der Waals surface area contributed by atoms with E-state index in [0.717, 1.165) is 24.0 Å². The summed E-state index contributed by atoms with van der Waals surface area (Å²) < 4.78 is 28.3. The zero-order valence-corrected chi connectivity index (χ0v) is 13.9. The molecule has 0 bridgehead atoms. The average Bonchev–Trinajstić information content (AvgIpc) is 2.44. The maximum absolute atomic E-state index is 12.7. The predicted octanol–water partition coefficient (Wildman–Crippen LogP) is 2.56. The zero-order chi connectivity index (χ0) is 15.6. The molecule has 0 spiro atoms. The second-order valence-electron chi connectivity index (χ2n) is 6.24. The van der Waals surface area contributed by atoms with E-state index in [9.17, 15) is 8.42 Å². The summed E-state index contributed by atoms with van der Waals surface area (Å²) in [7, 11) is -3.49. The molecular formula is C16H26N2O2S. The van der Waals surface area contributed by atoms with E-state index < -0.39 is 10.0 Å². The molecule has 2 rings (SSSR count). The summed E-state index contributed by atoms with van der Waals surface area (Å²) in [6, 6.07) is 5.32. The maximum Gasteiger partial charge on any atom is 0.241 e. The van der Waals surface area contributed by atoms with Gasteiger partial charge in [0.1, 0.15) is 0 Å². The lowest BCUT2D eigenvalue weighted by atomic mass is 9.78. The van der Waals surface area contributed by atoms with Crippen molar-refractivity contribution in [3.8, 4) is 0 Å². The Kier molecular flexibility index (Phi) is 5.07. The molecule has 3 unspecified atom stereocenters. The fourth-order valence-electron chi connectivity index (χ4n) is 3.18. The van der Waals surface area contributed by atoms with Crippen LogP contribution in [0.1, 0.15) is 44.2 Å². The fourth-order valence-corrected chi connectivity index (χ4v) is 4.83. The number of nitrogens with two attached hydrogens (primary N) is 1. The Morgan fingerprint density at radius 1 is 1.29 bits per heavy atom. The number of hydrogen-bond acceptors (Lipinski definition) is 3. The number of benzene rings is 1. The van der Waals surface area contributed by atoms with Gasteiger partial charge in [-0.05, 0) is 42.4 Å². The van der Waals surface area contributed by atoms with Crippen molar-refractivity contribution < 1.29 is 8.42 Å². The monoisotopic (exact) mass is 310 g/mol. The van der Waals surface area contributed by atoms with Gasteiger partial charge in [-0.2, -0.15) is 0 Å². The minimum absolute atomic E-state index is 0.0275. The Hall–Kier alpha value is -0.910. The summed E-state index contributed by atoms with van der Waals surface area (Å²) in [5.74, 6) is 0.925. The van der Waals surface area contributed by atoms with Crippen LogP contribution in [0.5, 0.6) is 0 Å². The van der Waals surface area contributed by atoms with E-state index in [0.29, 0.717) is 23.3 Å². The van der Waals surface area contributed by atoms with Crippen LogP contribution in [0.2, 0.25) is 0 Å². The molecule has 1 aromatic carbocycles. The van der Waals surface area contributed by atoms with Crippen LogP contribution in [0.3, 0.4) is 0 Å². The Morgan fingerprint density at radius 2 is 2.00 bits per heavy atom. The van der Waals surface area contributed by atoms with Gasteiger partial charge >= 0.3 is 0 Å². The van der Waals surface area contributed by atoms with Gasteiger partial charge in [0.15, 0.2) is 0 Å². The summed E-state index contributed by atoms with van der Waals surface area (Å²) in [6.45, 7) is 6.52. The van der Waals surface area contributed by atoms with Crippen LogP contribution < -0.4 is 10.5 Å². The lowest BCUT2D eigenvalue weighted by molar-refractivity contribution is 0.227. The number of hydrogen-bond donors (Lipinski definition) is 2. The van der Waals surface area contributed by atoms with Crippen LogP contribution in [0.25, 0.3) is 0 Å². The van der Waals surface area contributed by atoms with Crippen LogP contribution >= 0.6 is 0 Å². The second-order valence-corrected chi connectivity index (χ2v) is 7.92. The van der Waals surface area contributed by atoms with Crippen molar-refractivity contribution in [1.29, 1.82) is 0 Å². The topological polar surface area (TPSA) is 72.2 Å². The molecule has 0 aromatic heterocycles. The maximum atomic E-state index is 12.7. The molecule has 1 aromatic rings. The first-order valence-electron chi connectivity index (χ1n) is 7.67. The second kappa shape index (κ2) is 6.46. The van der Waals surface area contributed by atoms with Crippen molar-refractivity contribution >= 4 is 10.0 Å². The fraction of sp³-hybridized carbons (Fsp3) is 0.625. The summed E-state index contributed by atoms with van der Waals surface area (Å²) in [5, 5.41) is 0. The highest BCUT2D eigenvalue weighted by Gasteiger charge is 2.31. The van der Waals surface area contributed by atoms with Crippen molar-refractivity contribution in [2.24, 2.45) is 17.6 Å². The third kappa shape index (κ3) is 3.47. The van der Waals surface area contributed by atoms with Crippen LogP contribution in [-0.2, 0) is 16.6 Å². The van der Waals surface area contributed by atoms with Crippen molar-refractivity contribution in [3.05, 3.63) is 29.3 Å². The van der Waals surface area contributed by atoms with E-state index >= 15 is 0 Å². The SMILES string of the molecule is Cc1c(CN)cccc1S(=O)(=O)NC1CCCC(C)C1C. The minimum atomic E-state index is -3.49. The predicted molar refractivity (Wildman–Crippen MR) is 85.4 cm³/mol. The summed E-state index contributed by atoms with van der Waals surface area (Å²) in [6.07, 6.45) is 3.18. The van der Waals surface area contributed by atoms with Crippen LogP contribution in [0.4, 0.5) is 0 Å². The Morgan fingerprint density at radius 3 is 2.67 bits per heavy atom. The molecule has 0 radical (unpaired) electrons. The Bertz CT molecular complexity index is 598. The summed E-state index contributed by atoms with van der Waals surface area (Å²) in [5.41, 5.74) is 7.30. The van der Waals surface area contributed by atoms with Crippen molar-refractivity contribution in [2.75, 3.05) is 0 Å². The van der Waals surface area contributed by atoms with Crippen LogP contribution in [-0.4, -0.2) is 14.5 Å². The van der Waals surface area contributed by atoms with Crippen LogP contribution in [0, 0.1) is 18.8 Å². The molecule has 5 heteroatoms. The molecule has 3 N–H and O–H groups in total. The zero-order valence-electron chi connectivity index (χ0n) is 13.1. The molecule has 0 heterocycles. The first-order chi connectivity index (χ1) is 9.86. The molecule has 1 saturated carbocycles. The number of rotatable bonds is 4. The molecule has 1 aliphatic carbocycles. The third-order valence-electron chi connectivity index (χ3n) is 4.92. The minimum Gasteiger partial charge on any atom is -0.326 e. The summed E-state index contributed by atoms with van der Waals surface area (Å²) >= 11 is 0. The van der Waals surface area contributed by atoms with Gasteiger partial charge in [-0.25, -0.2) is 13.1 Å². The lowest BCUT2D eigenvalue weighted by Crippen LogP contribution is -2.43. The molecule has 1 aliphatic rings. The molecule has 4 nitrogen and oxygen atoms in total. The summed E-state index contributed by atoms with van der Waals surface area (Å²) in [4.78, 5) is 0.357. The third-order valence-corrected chi connectivity index (χ3v) is 6.55. The standard InChI is InChI=1S/C16H26N2O2S/c1-11-6-4-8-15(12(11)2)18-21(19,20)16-9-5-7-14(10-17)13(16)3/h5,7,9,11-12,15,18H,4,6,8,10,17H2,1-3H3. The van der Waals surface area contributed by atoms with Crippen LogP contribution in [0.15, 0.2) is 23.1 Å². The first kappa shape index (κ1) is 16.5. The van der Waals surface area contributed by atoms with Gasteiger partial charge in [0, 0.05) is 12.6 Å². The quantitative estimate of drug-likeness (QED) is 0.897. The molecule has 0 amide bonds. The molecular weight excluding hydrogens is 284 g/mol. The van der Waals surface area contributed by atoms with E-state index in [-0.39, 0.29) is 6.04 Å². The Labute approximate surface area is 128 Å². The van der Waals surface area contributed by atoms with Gasteiger partial charge < -0.3 is 5.73 Å². The molecule has 21 heavy (non-hydrogen) atoms. The molecule has 0 saturated heterocycles. The first-order valence-corrected chi connectivity index (χ1v) is 9.16. The van der Waals surface area contributed by atoms with E-state index in [1.807, 2.05) is 13.0 Å². The smallest absolute Gasteiger partial charge is 0.241 e. The van der Waals surface area contributed by atoms with Gasteiger partial charge in [0.25, 0.3) is 0 Å². The molecule has 118 valence electrons. The molecule has 3 atom stereocenters. The van der Waals surface area contributed by atoms with Crippen molar-refractivity contribution in [2.45, 2.75) is 57.5 Å². The number of nitrogens with one attached hydrogen (secondary N) is 1. The van der Waals surface area contributed by atoms with E-state index in [4.69, 9.17) is 5.73 Å². The largest absolute Gasteiger partial charge is 0.326 e. The normalized spacial score (nSPS) is 26.8. The highest BCUT2D eigenvalue weighted by Crippen LogP contribution is 2.31.